The highest BCUT2D eigenvalue weighted by Gasteiger charge is 2.14. The molecule has 9 heteroatoms. The van der Waals surface area contributed by atoms with Gasteiger partial charge in [0.05, 0.1) is 13.7 Å². The fraction of sp³-hybridized carbons (Fsp3) is 0.500. The molecule has 0 saturated carbocycles. The fourth-order valence-corrected chi connectivity index (χ4v) is 2.34. The molecule has 2 N–H and O–H groups in total. The van der Waals surface area contributed by atoms with Crippen LogP contribution in [0.3, 0.4) is 0 Å². The highest BCUT2D eigenvalue weighted by Crippen LogP contribution is 2.28. The van der Waals surface area contributed by atoms with Crippen molar-refractivity contribution in [3.63, 3.8) is 0 Å². The van der Waals surface area contributed by atoms with E-state index in [-0.39, 0.29) is 18.2 Å². The van der Waals surface area contributed by atoms with Crippen LogP contribution >= 0.6 is 0 Å². The summed E-state index contributed by atoms with van der Waals surface area (Å²) >= 11 is 0. The van der Waals surface area contributed by atoms with Crippen LogP contribution in [0, 0.1) is 0 Å². The van der Waals surface area contributed by atoms with Gasteiger partial charge in [-0.25, -0.2) is 0 Å². The third kappa shape index (κ3) is 6.78. The Bertz CT molecular complexity index is 819. The summed E-state index contributed by atoms with van der Waals surface area (Å²) in [5.74, 6) is 1.34. The predicted octanol–water partition coefficient (Wildman–Crippen LogP) is 2.77. The maximum absolute atomic E-state index is 12.3. The minimum atomic E-state index is -0.461. The van der Waals surface area contributed by atoms with Gasteiger partial charge in [-0.15, -0.1) is 0 Å². The van der Waals surface area contributed by atoms with Gasteiger partial charge in [-0.2, -0.15) is 4.98 Å². The van der Waals surface area contributed by atoms with Crippen molar-refractivity contribution < 1.29 is 23.6 Å². The number of aryl methyl sites for hydroxylation is 1. The summed E-state index contributed by atoms with van der Waals surface area (Å²) in [5, 5.41) is 3.84. The number of nitrogens with one attached hydrogen (secondary N) is 2. The highest BCUT2D eigenvalue weighted by molar-refractivity contribution is 5.96. The molecule has 0 fully saturated rings. The van der Waals surface area contributed by atoms with Crippen molar-refractivity contribution >= 4 is 11.8 Å². The second kappa shape index (κ2) is 11.0. The molecule has 2 aromatic rings. The Hall–Kier alpha value is -3.10. The summed E-state index contributed by atoms with van der Waals surface area (Å²) in [4.78, 5) is 28.4. The van der Waals surface area contributed by atoms with E-state index in [1.807, 2.05) is 13.8 Å². The summed E-state index contributed by atoms with van der Waals surface area (Å²) in [6, 6.07) is 4.85. The Kier molecular flexibility index (Phi) is 8.45. The number of amides is 2. The van der Waals surface area contributed by atoms with Crippen LogP contribution in [0.15, 0.2) is 22.7 Å². The smallest absolute Gasteiger partial charge is 0.269 e. The van der Waals surface area contributed by atoms with Gasteiger partial charge >= 0.3 is 0 Å². The molecule has 0 aliphatic rings. The molecule has 0 atom stereocenters. The molecular weight excluding hydrogens is 376 g/mol. The van der Waals surface area contributed by atoms with Gasteiger partial charge in [0.15, 0.2) is 17.3 Å². The van der Waals surface area contributed by atoms with Crippen LogP contribution in [0.5, 0.6) is 11.5 Å². The number of carbonyl (C=O) groups is 2. The molecule has 1 heterocycles. The molecule has 1 aromatic carbocycles. The van der Waals surface area contributed by atoms with E-state index in [1.54, 1.807) is 18.2 Å². The summed E-state index contributed by atoms with van der Waals surface area (Å²) in [7, 11) is 1.51. The van der Waals surface area contributed by atoms with Gasteiger partial charge in [-0.05, 0) is 24.6 Å². The number of carbonyl (C=O) groups excluding carboxylic acids is 2. The standard InChI is InChI=1S/C20H28N4O5/c1-5-6-11-28-15-8-7-14(12-16(15)27-4)20(26)23-22-17(25)9-10-18-21-19(13(2)3)24-29-18/h7-8,12-13H,5-6,9-11H2,1-4H3,(H,22,25)(H,23,26). The number of nitrogens with zero attached hydrogens (tertiary/aromatic N) is 2. The molecule has 158 valence electrons. The van der Waals surface area contributed by atoms with E-state index in [0.717, 1.165) is 12.8 Å². The van der Waals surface area contributed by atoms with E-state index < -0.39 is 5.91 Å². The lowest BCUT2D eigenvalue weighted by molar-refractivity contribution is -0.121. The number of benzene rings is 1. The number of hydrazine groups is 1. The van der Waals surface area contributed by atoms with E-state index >= 15 is 0 Å². The Morgan fingerprint density at radius 1 is 1.21 bits per heavy atom. The highest BCUT2D eigenvalue weighted by atomic mass is 16.5. The lowest BCUT2D eigenvalue weighted by Crippen LogP contribution is -2.41. The normalized spacial score (nSPS) is 10.7. The number of aromatic nitrogens is 2. The minimum absolute atomic E-state index is 0.105. The van der Waals surface area contributed by atoms with E-state index in [4.69, 9.17) is 14.0 Å². The van der Waals surface area contributed by atoms with Crippen molar-refractivity contribution in [1.29, 1.82) is 0 Å². The molecule has 0 saturated heterocycles. The average Bonchev–Trinajstić information content (AvgIpc) is 3.20. The van der Waals surface area contributed by atoms with Crippen molar-refractivity contribution in [3.8, 4) is 11.5 Å². The molecule has 2 rings (SSSR count). The zero-order valence-corrected chi connectivity index (χ0v) is 17.3. The molecule has 1 aromatic heterocycles. The second-order valence-corrected chi connectivity index (χ2v) is 6.77. The third-order valence-corrected chi connectivity index (χ3v) is 4.06. The van der Waals surface area contributed by atoms with Crippen LogP contribution in [0.4, 0.5) is 0 Å². The van der Waals surface area contributed by atoms with Crippen molar-refractivity contribution in [1.82, 2.24) is 21.0 Å². The van der Waals surface area contributed by atoms with Crippen LogP contribution in [-0.2, 0) is 11.2 Å². The number of ether oxygens (including phenoxy) is 2. The molecule has 2 amide bonds. The Labute approximate surface area is 170 Å². The van der Waals surface area contributed by atoms with Crippen LogP contribution in [0.25, 0.3) is 0 Å². The van der Waals surface area contributed by atoms with Crippen molar-refractivity contribution in [2.75, 3.05) is 13.7 Å². The second-order valence-electron chi connectivity index (χ2n) is 6.77. The maximum atomic E-state index is 12.3. The Morgan fingerprint density at radius 3 is 2.66 bits per heavy atom. The number of methoxy groups -OCH3 is 1. The lowest BCUT2D eigenvalue weighted by atomic mass is 10.2. The predicted molar refractivity (Wildman–Crippen MR) is 106 cm³/mol. The van der Waals surface area contributed by atoms with Crippen LogP contribution < -0.4 is 20.3 Å². The van der Waals surface area contributed by atoms with Gasteiger partial charge < -0.3 is 14.0 Å². The zero-order chi connectivity index (χ0) is 21.2. The third-order valence-electron chi connectivity index (χ3n) is 4.06. The summed E-state index contributed by atoms with van der Waals surface area (Å²) < 4.78 is 16.0. The molecule has 0 bridgehead atoms. The zero-order valence-electron chi connectivity index (χ0n) is 17.3. The van der Waals surface area contributed by atoms with Gasteiger partial charge in [-0.1, -0.05) is 32.3 Å². The van der Waals surface area contributed by atoms with E-state index in [1.165, 1.54) is 7.11 Å². The van der Waals surface area contributed by atoms with Gasteiger partial charge in [0.1, 0.15) is 0 Å². The topological polar surface area (TPSA) is 116 Å². The Balaban J connectivity index is 1.83. The first-order valence-electron chi connectivity index (χ1n) is 9.67. The first-order chi connectivity index (χ1) is 13.9. The fourth-order valence-electron chi connectivity index (χ4n) is 2.34. The minimum Gasteiger partial charge on any atom is -0.493 e. The van der Waals surface area contributed by atoms with Gasteiger partial charge in [0.25, 0.3) is 5.91 Å². The first kappa shape index (κ1) is 22.2. The molecule has 0 aliphatic heterocycles. The van der Waals surface area contributed by atoms with E-state index in [0.29, 0.717) is 41.8 Å². The molecule has 0 radical (unpaired) electrons. The lowest BCUT2D eigenvalue weighted by Gasteiger charge is -2.12. The summed E-state index contributed by atoms with van der Waals surface area (Å²) in [6.45, 7) is 6.56. The summed E-state index contributed by atoms with van der Waals surface area (Å²) in [6.07, 6.45) is 2.35. The monoisotopic (exact) mass is 404 g/mol. The summed E-state index contributed by atoms with van der Waals surface area (Å²) in [5.41, 5.74) is 5.09. The SMILES string of the molecule is CCCCOc1ccc(C(=O)NNC(=O)CCc2nc(C(C)C)no2)cc1OC. The quantitative estimate of drug-likeness (QED) is 0.462. The van der Waals surface area contributed by atoms with E-state index in [2.05, 4.69) is 27.9 Å². The van der Waals surface area contributed by atoms with Crippen molar-refractivity contribution in [3.05, 3.63) is 35.5 Å². The molecule has 0 aliphatic carbocycles. The number of hydrogen-bond acceptors (Lipinski definition) is 7. The van der Waals surface area contributed by atoms with Gasteiger partial charge in [0.2, 0.25) is 11.8 Å². The number of hydrogen-bond donors (Lipinski definition) is 2. The van der Waals surface area contributed by atoms with E-state index in [9.17, 15) is 9.59 Å². The van der Waals surface area contributed by atoms with Crippen molar-refractivity contribution in [2.45, 2.75) is 52.4 Å². The van der Waals surface area contributed by atoms with Crippen molar-refractivity contribution in [2.24, 2.45) is 0 Å². The van der Waals surface area contributed by atoms with Gasteiger partial charge in [-0.3, -0.25) is 20.4 Å². The van der Waals surface area contributed by atoms with Gasteiger partial charge in [0, 0.05) is 24.3 Å². The molecular formula is C20H28N4O5. The molecule has 0 unspecified atom stereocenters. The molecule has 29 heavy (non-hydrogen) atoms. The number of rotatable bonds is 10. The van der Waals surface area contributed by atoms with Crippen LogP contribution in [-0.4, -0.2) is 35.7 Å². The van der Waals surface area contributed by atoms with Crippen LogP contribution in [0.2, 0.25) is 0 Å². The molecule has 9 nitrogen and oxygen atoms in total. The Morgan fingerprint density at radius 2 is 2.00 bits per heavy atom. The molecule has 0 spiro atoms. The largest absolute Gasteiger partial charge is 0.493 e. The maximum Gasteiger partial charge on any atom is 0.269 e. The number of unbranched alkanes of at least 4 members (excludes halogenated alkanes) is 1. The average molecular weight is 404 g/mol. The van der Waals surface area contributed by atoms with Crippen LogP contribution in [0.1, 0.15) is 68.0 Å². The first-order valence-corrected chi connectivity index (χ1v) is 9.67.